The molecule has 0 radical (unpaired) electrons. The van der Waals surface area contributed by atoms with Gasteiger partial charge >= 0.3 is 6.18 Å². The second-order valence-electron chi connectivity index (χ2n) is 4.17. The normalized spacial score (nSPS) is 15.1. The molecule has 3 rings (SSSR count). The highest BCUT2D eigenvalue weighted by Crippen LogP contribution is 2.38. The van der Waals surface area contributed by atoms with Crippen molar-refractivity contribution in [3.63, 3.8) is 0 Å². The fraction of sp³-hybridized carbons (Fsp3) is 0.250. The molecule has 0 saturated carbocycles. The highest BCUT2D eigenvalue weighted by Gasteiger charge is 2.31. The molecule has 0 bridgehead atoms. The molecule has 0 spiro atoms. The Balaban J connectivity index is 2.27. The smallest absolute Gasteiger partial charge is 0.398 e. The van der Waals surface area contributed by atoms with Gasteiger partial charge in [-0.1, -0.05) is 6.07 Å². The summed E-state index contributed by atoms with van der Waals surface area (Å²) in [4.78, 5) is 4.29. The molecule has 2 heterocycles. The molecule has 0 unspecified atom stereocenters. The minimum absolute atomic E-state index is 0.323. The Morgan fingerprint density at radius 2 is 2.00 bits per heavy atom. The zero-order valence-electron chi connectivity index (χ0n) is 9.21. The van der Waals surface area contributed by atoms with Crippen molar-refractivity contribution in [2.75, 3.05) is 5.73 Å². The third-order valence-corrected chi connectivity index (χ3v) is 4.00. The van der Waals surface area contributed by atoms with Crippen LogP contribution in [0.4, 0.5) is 18.9 Å². The molecule has 2 N–H and O–H groups in total. The van der Waals surface area contributed by atoms with E-state index in [1.54, 1.807) is 11.8 Å². The number of anilines is 1. The number of alkyl halides is 3. The summed E-state index contributed by atoms with van der Waals surface area (Å²) in [6, 6.07) is 3.52. The molecule has 0 amide bonds. The lowest BCUT2D eigenvalue weighted by molar-refractivity contribution is -0.137. The lowest BCUT2D eigenvalue weighted by atomic mass is 10.1. The predicted molar refractivity (Wildman–Crippen MR) is 66.2 cm³/mol. The zero-order chi connectivity index (χ0) is 12.9. The van der Waals surface area contributed by atoms with Gasteiger partial charge in [-0.2, -0.15) is 24.9 Å². The second-order valence-corrected chi connectivity index (χ2v) is 5.16. The summed E-state index contributed by atoms with van der Waals surface area (Å²) in [7, 11) is 0. The molecular formula is C12H9F3N2S. The number of fused-ring (bicyclic) bond motifs is 2. The summed E-state index contributed by atoms with van der Waals surface area (Å²) in [6.45, 7) is 0. The number of thioether (sulfide) groups is 1. The van der Waals surface area contributed by atoms with E-state index in [9.17, 15) is 13.2 Å². The number of nitrogens with two attached hydrogens (primary N) is 1. The molecule has 2 aromatic rings. The lowest BCUT2D eigenvalue weighted by Gasteiger charge is -2.11. The molecule has 0 saturated heterocycles. The Kier molecular flexibility index (Phi) is 2.45. The van der Waals surface area contributed by atoms with Crippen molar-refractivity contribution in [1.82, 2.24) is 4.98 Å². The number of nitrogen functional groups attached to an aromatic ring is 1. The molecular weight excluding hydrogens is 261 g/mol. The van der Waals surface area contributed by atoms with Crippen LogP contribution in [0, 0.1) is 0 Å². The molecule has 1 aliphatic rings. The minimum atomic E-state index is -4.35. The first-order chi connectivity index (χ1) is 8.47. The van der Waals surface area contributed by atoms with Gasteiger partial charge in [0.05, 0.1) is 16.8 Å². The van der Waals surface area contributed by atoms with E-state index in [0.717, 1.165) is 29.1 Å². The van der Waals surface area contributed by atoms with Gasteiger partial charge in [-0.05, 0) is 12.1 Å². The summed E-state index contributed by atoms with van der Waals surface area (Å²) in [5.74, 6) is 1.50. The molecule has 94 valence electrons. The zero-order valence-corrected chi connectivity index (χ0v) is 10.0. The van der Waals surface area contributed by atoms with E-state index < -0.39 is 11.7 Å². The maximum absolute atomic E-state index is 12.6. The molecule has 2 nitrogen and oxygen atoms in total. The summed E-state index contributed by atoms with van der Waals surface area (Å²) >= 11 is 1.67. The molecule has 1 aromatic heterocycles. The van der Waals surface area contributed by atoms with Crippen LogP contribution in [0.25, 0.3) is 10.9 Å². The number of rotatable bonds is 0. The number of hydrogen-bond donors (Lipinski definition) is 1. The largest absolute Gasteiger partial charge is 0.416 e. The van der Waals surface area contributed by atoms with E-state index in [4.69, 9.17) is 5.73 Å². The highest BCUT2D eigenvalue weighted by atomic mass is 32.2. The molecule has 1 aliphatic heterocycles. The van der Waals surface area contributed by atoms with Crippen molar-refractivity contribution < 1.29 is 13.2 Å². The predicted octanol–water partition coefficient (Wildman–Crippen LogP) is 3.58. The first kappa shape index (κ1) is 11.6. The van der Waals surface area contributed by atoms with Crippen LogP contribution in [0.5, 0.6) is 0 Å². The van der Waals surface area contributed by atoms with Gasteiger partial charge in [0.2, 0.25) is 0 Å². The Bertz CT molecular complexity index is 637. The lowest BCUT2D eigenvalue weighted by Crippen LogP contribution is -2.06. The van der Waals surface area contributed by atoms with E-state index in [0.29, 0.717) is 22.3 Å². The van der Waals surface area contributed by atoms with Gasteiger partial charge in [0, 0.05) is 28.1 Å². The Hall–Kier alpha value is -1.43. The number of halogens is 3. The van der Waals surface area contributed by atoms with Crippen LogP contribution in [0.15, 0.2) is 18.2 Å². The van der Waals surface area contributed by atoms with Crippen molar-refractivity contribution >= 4 is 28.4 Å². The SMILES string of the molecule is Nc1c2c(nc3cc(C(F)(F)F)ccc13)CSC2. The van der Waals surface area contributed by atoms with Crippen molar-refractivity contribution in [2.45, 2.75) is 17.7 Å². The molecule has 1 aromatic carbocycles. The first-order valence-electron chi connectivity index (χ1n) is 5.33. The molecule has 18 heavy (non-hydrogen) atoms. The van der Waals surface area contributed by atoms with E-state index in [-0.39, 0.29) is 0 Å². The summed E-state index contributed by atoms with van der Waals surface area (Å²) in [5.41, 5.74) is 7.97. The topological polar surface area (TPSA) is 38.9 Å². The van der Waals surface area contributed by atoms with Crippen LogP contribution in [0.1, 0.15) is 16.8 Å². The fourth-order valence-electron chi connectivity index (χ4n) is 2.09. The summed E-state index contributed by atoms with van der Waals surface area (Å²) in [6.07, 6.45) is -4.35. The standard InChI is InChI=1S/C12H9F3N2S/c13-12(14,15)6-1-2-7-9(3-6)17-10-5-18-4-8(10)11(7)16/h1-3H,4-5H2,(H2,16,17). The van der Waals surface area contributed by atoms with Gasteiger partial charge in [0.25, 0.3) is 0 Å². The number of benzene rings is 1. The van der Waals surface area contributed by atoms with E-state index in [1.165, 1.54) is 6.07 Å². The number of hydrogen-bond acceptors (Lipinski definition) is 3. The number of aromatic nitrogens is 1. The van der Waals surface area contributed by atoms with Crippen molar-refractivity contribution in [1.29, 1.82) is 0 Å². The second kappa shape index (κ2) is 3.78. The van der Waals surface area contributed by atoms with Gasteiger partial charge in [-0.15, -0.1) is 0 Å². The van der Waals surface area contributed by atoms with Crippen LogP contribution < -0.4 is 5.73 Å². The maximum atomic E-state index is 12.6. The molecule has 6 heteroatoms. The van der Waals surface area contributed by atoms with Gasteiger partial charge < -0.3 is 5.73 Å². The minimum Gasteiger partial charge on any atom is -0.398 e. The monoisotopic (exact) mass is 270 g/mol. The Morgan fingerprint density at radius 1 is 1.22 bits per heavy atom. The van der Waals surface area contributed by atoms with Crippen LogP contribution in [-0.4, -0.2) is 4.98 Å². The van der Waals surface area contributed by atoms with E-state index in [1.807, 2.05) is 0 Å². The number of nitrogens with zero attached hydrogens (tertiary/aromatic N) is 1. The fourth-order valence-corrected chi connectivity index (χ4v) is 3.15. The van der Waals surface area contributed by atoms with Crippen LogP contribution >= 0.6 is 11.8 Å². The molecule has 0 aliphatic carbocycles. The highest BCUT2D eigenvalue weighted by molar-refractivity contribution is 7.98. The van der Waals surface area contributed by atoms with Crippen molar-refractivity contribution in [3.8, 4) is 0 Å². The van der Waals surface area contributed by atoms with Gasteiger partial charge in [-0.3, -0.25) is 4.98 Å². The van der Waals surface area contributed by atoms with Gasteiger partial charge in [0.1, 0.15) is 0 Å². The van der Waals surface area contributed by atoms with Crippen LogP contribution in [0.3, 0.4) is 0 Å². The van der Waals surface area contributed by atoms with Crippen LogP contribution in [-0.2, 0) is 17.7 Å². The van der Waals surface area contributed by atoms with Gasteiger partial charge in [-0.25, -0.2) is 0 Å². The van der Waals surface area contributed by atoms with Gasteiger partial charge in [0.15, 0.2) is 0 Å². The summed E-state index contributed by atoms with van der Waals surface area (Å²) < 4.78 is 37.9. The quantitative estimate of drug-likeness (QED) is 0.795. The Morgan fingerprint density at radius 3 is 2.72 bits per heavy atom. The van der Waals surface area contributed by atoms with E-state index >= 15 is 0 Å². The molecule has 0 fully saturated rings. The molecule has 0 atom stereocenters. The third kappa shape index (κ3) is 1.71. The average Bonchev–Trinajstić information content (AvgIpc) is 2.75. The van der Waals surface area contributed by atoms with Crippen molar-refractivity contribution in [2.24, 2.45) is 0 Å². The van der Waals surface area contributed by atoms with Crippen LogP contribution in [0.2, 0.25) is 0 Å². The summed E-state index contributed by atoms with van der Waals surface area (Å²) in [5, 5.41) is 0.601. The first-order valence-corrected chi connectivity index (χ1v) is 6.48. The Labute approximate surface area is 105 Å². The third-order valence-electron chi connectivity index (χ3n) is 3.03. The maximum Gasteiger partial charge on any atom is 0.416 e. The van der Waals surface area contributed by atoms with Crippen molar-refractivity contribution in [3.05, 3.63) is 35.0 Å². The average molecular weight is 270 g/mol. The van der Waals surface area contributed by atoms with E-state index in [2.05, 4.69) is 4.98 Å². The number of pyridine rings is 1.